The first kappa shape index (κ1) is 20.9. The Labute approximate surface area is 183 Å². The zero-order valence-corrected chi connectivity index (χ0v) is 17.9. The third-order valence-corrected chi connectivity index (χ3v) is 5.56. The van der Waals surface area contributed by atoms with E-state index in [1.807, 2.05) is 30.5 Å². The van der Waals surface area contributed by atoms with Crippen molar-refractivity contribution in [1.82, 2.24) is 15.2 Å². The van der Waals surface area contributed by atoms with Crippen LogP contribution in [0.4, 0.5) is 14.9 Å². The molecule has 0 saturated carbocycles. The van der Waals surface area contributed by atoms with Crippen LogP contribution in [0.5, 0.6) is 11.5 Å². The molecule has 0 aliphatic carbocycles. The number of amides is 2. The average molecular weight is 443 g/mol. The van der Waals surface area contributed by atoms with Gasteiger partial charge in [0.1, 0.15) is 5.82 Å². The minimum atomic E-state index is -0.296. The van der Waals surface area contributed by atoms with Gasteiger partial charge in [0.25, 0.3) is 0 Å². The summed E-state index contributed by atoms with van der Waals surface area (Å²) in [7, 11) is 0. The Bertz CT molecular complexity index is 1120. The molecular formula is C22H23FN4O3S. The number of hydrogen-bond acceptors (Lipinski definition) is 5. The van der Waals surface area contributed by atoms with E-state index in [2.05, 4.69) is 15.2 Å². The Morgan fingerprint density at radius 1 is 1.16 bits per heavy atom. The maximum Gasteiger partial charge on any atom is 0.314 e. The fraction of sp³-hybridized carbons (Fsp3) is 0.273. The number of halogens is 1. The summed E-state index contributed by atoms with van der Waals surface area (Å²) in [6.45, 7) is 3.87. The molecule has 0 saturated heterocycles. The number of thiazole rings is 1. The maximum absolute atomic E-state index is 13.3. The molecule has 0 atom stereocenters. The number of rotatable bonds is 7. The second-order valence-corrected chi connectivity index (χ2v) is 7.69. The van der Waals surface area contributed by atoms with Gasteiger partial charge in [-0.05, 0) is 55.8 Å². The molecule has 4 rings (SSSR count). The standard InChI is InChI=1S/C22H23FN4O3S/c1-2-24-21(28)25-10-3-11-27-18(15-4-9-19-20(12-15)30-14-29-19)13-31-22(27)26-17-7-5-16(23)6-8-17/h4-9,12-13H,2-3,10-11,14H2,1H3,(H2,24,25,28). The number of fused-ring (bicyclic) bond motifs is 1. The van der Waals surface area contributed by atoms with E-state index in [1.54, 1.807) is 12.1 Å². The molecule has 2 amide bonds. The van der Waals surface area contributed by atoms with Gasteiger partial charge in [-0.15, -0.1) is 11.3 Å². The highest BCUT2D eigenvalue weighted by Crippen LogP contribution is 2.36. The number of benzene rings is 2. The van der Waals surface area contributed by atoms with E-state index < -0.39 is 0 Å². The molecule has 3 aromatic rings. The molecule has 1 aliphatic rings. The number of nitrogens with zero attached hydrogens (tertiary/aromatic N) is 2. The van der Waals surface area contributed by atoms with Crippen molar-refractivity contribution in [2.45, 2.75) is 19.9 Å². The van der Waals surface area contributed by atoms with Crippen molar-refractivity contribution in [3.05, 3.63) is 58.5 Å². The molecule has 2 heterocycles. The lowest BCUT2D eigenvalue weighted by Crippen LogP contribution is -2.36. The number of nitrogens with one attached hydrogen (secondary N) is 2. The molecule has 2 aromatic carbocycles. The van der Waals surface area contributed by atoms with Crippen LogP contribution in [0.2, 0.25) is 0 Å². The predicted molar refractivity (Wildman–Crippen MR) is 117 cm³/mol. The number of ether oxygens (including phenoxy) is 2. The van der Waals surface area contributed by atoms with E-state index in [1.165, 1.54) is 23.5 Å². The second kappa shape index (κ2) is 9.65. The largest absolute Gasteiger partial charge is 0.454 e. The van der Waals surface area contributed by atoms with Gasteiger partial charge in [0.05, 0.1) is 11.4 Å². The first-order chi connectivity index (χ1) is 15.1. The number of carbonyl (C=O) groups excluding carboxylic acids is 1. The third-order valence-electron chi connectivity index (χ3n) is 4.70. The molecule has 1 aliphatic heterocycles. The molecule has 0 bridgehead atoms. The predicted octanol–water partition coefficient (Wildman–Crippen LogP) is 4.03. The summed E-state index contributed by atoms with van der Waals surface area (Å²) in [6, 6.07) is 11.7. The average Bonchev–Trinajstić information content (AvgIpc) is 3.39. The van der Waals surface area contributed by atoms with Gasteiger partial charge in [-0.3, -0.25) is 0 Å². The van der Waals surface area contributed by atoms with E-state index in [0.717, 1.165) is 28.2 Å². The van der Waals surface area contributed by atoms with Crippen LogP contribution in [0.1, 0.15) is 13.3 Å². The zero-order chi connectivity index (χ0) is 21.6. The minimum Gasteiger partial charge on any atom is -0.454 e. The van der Waals surface area contributed by atoms with Gasteiger partial charge in [-0.2, -0.15) is 0 Å². The monoisotopic (exact) mass is 442 g/mol. The highest BCUT2D eigenvalue weighted by molar-refractivity contribution is 7.07. The van der Waals surface area contributed by atoms with Crippen molar-refractivity contribution in [1.29, 1.82) is 0 Å². The number of urea groups is 1. The molecule has 0 fully saturated rings. The molecule has 0 unspecified atom stereocenters. The summed E-state index contributed by atoms with van der Waals surface area (Å²) in [5.74, 6) is 1.15. The Kier molecular flexibility index (Phi) is 6.51. The first-order valence-electron chi connectivity index (χ1n) is 10.0. The van der Waals surface area contributed by atoms with Crippen molar-refractivity contribution in [3.63, 3.8) is 0 Å². The quantitative estimate of drug-likeness (QED) is 0.543. The molecular weight excluding hydrogens is 419 g/mol. The van der Waals surface area contributed by atoms with Gasteiger partial charge in [-0.25, -0.2) is 14.2 Å². The number of carbonyl (C=O) groups is 1. The minimum absolute atomic E-state index is 0.176. The highest BCUT2D eigenvalue weighted by Gasteiger charge is 2.16. The van der Waals surface area contributed by atoms with E-state index in [0.29, 0.717) is 31.1 Å². The van der Waals surface area contributed by atoms with Gasteiger partial charge in [0.2, 0.25) is 6.79 Å². The molecule has 162 valence electrons. The fourth-order valence-corrected chi connectivity index (χ4v) is 4.16. The second-order valence-electron chi connectivity index (χ2n) is 6.85. The van der Waals surface area contributed by atoms with Crippen LogP contribution in [0, 0.1) is 5.82 Å². The SMILES string of the molecule is CCNC(=O)NCCCn1c(-c2ccc3c(c2)OCO3)csc1=Nc1ccc(F)cc1. The van der Waals surface area contributed by atoms with Crippen molar-refractivity contribution < 1.29 is 18.7 Å². The highest BCUT2D eigenvalue weighted by atomic mass is 32.1. The summed E-state index contributed by atoms with van der Waals surface area (Å²) in [6.07, 6.45) is 0.724. The van der Waals surface area contributed by atoms with Crippen molar-refractivity contribution in [2.75, 3.05) is 19.9 Å². The lowest BCUT2D eigenvalue weighted by Gasteiger charge is -2.11. The Balaban J connectivity index is 1.62. The van der Waals surface area contributed by atoms with Crippen molar-refractivity contribution in [3.8, 4) is 22.8 Å². The summed E-state index contributed by atoms with van der Waals surface area (Å²) in [5, 5.41) is 7.60. The van der Waals surface area contributed by atoms with Crippen LogP contribution in [0.3, 0.4) is 0 Å². The van der Waals surface area contributed by atoms with E-state index in [4.69, 9.17) is 14.5 Å². The zero-order valence-electron chi connectivity index (χ0n) is 17.1. The van der Waals surface area contributed by atoms with Crippen LogP contribution in [-0.2, 0) is 6.54 Å². The van der Waals surface area contributed by atoms with Gasteiger partial charge in [-0.1, -0.05) is 0 Å². The van der Waals surface area contributed by atoms with Crippen LogP contribution >= 0.6 is 11.3 Å². The molecule has 2 N–H and O–H groups in total. The molecule has 0 spiro atoms. The number of hydrogen-bond donors (Lipinski definition) is 2. The van der Waals surface area contributed by atoms with E-state index >= 15 is 0 Å². The van der Waals surface area contributed by atoms with Crippen LogP contribution < -0.4 is 24.9 Å². The first-order valence-corrected chi connectivity index (χ1v) is 10.9. The molecule has 0 radical (unpaired) electrons. The summed E-state index contributed by atoms with van der Waals surface area (Å²) >= 11 is 1.51. The summed E-state index contributed by atoms with van der Waals surface area (Å²) in [4.78, 5) is 17.1. The molecule has 7 nitrogen and oxygen atoms in total. The topological polar surface area (TPSA) is 76.9 Å². The fourth-order valence-electron chi connectivity index (χ4n) is 3.21. The number of aromatic nitrogens is 1. The normalized spacial score (nSPS) is 12.8. The molecule has 31 heavy (non-hydrogen) atoms. The van der Waals surface area contributed by atoms with Crippen LogP contribution in [0.25, 0.3) is 11.3 Å². The van der Waals surface area contributed by atoms with Gasteiger partial charge in [0.15, 0.2) is 16.3 Å². The van der Waals surface area contributed by atoms with Crippen molar-refractivity contribution >= 4 is 23.1 Å². The lowest BCUT2D eigenvalue weighted by molar-refractivity contribution is 0.174. The molecule has 9 heteroatoms. The van der Waals surface area contributed by atoms with Gasteiger partial charge < -0.3 is 24.7 Å². The van der Waals surface area contributed by atoms with Gasteiger partial charge in [0, 0.05) is 30.6 Å². The van der Waals surface area contributed by atoms with E-state index in [9.17, 15) is 9.18 Å². The lowest BCUT2D eigenvalue weighted by atomic mass is 10.1. The smallest absolute Gasteiger partial charge is 0.314 e. The summed E-state index contributed by atoms with van der Waals surface area (Å²) < 4.78 is 26.3. The van der Waals surface area contributed by atoms with Gasteiger partial charge >= 0.3 is 6.03 Å². The Morgan fingerprint density at radius 3 is 2.77 bits per heavy atom. The van der Waals surface area contributed by atoms with Crippen molar-refractivity contribution in [2.24, 2.45) is 4.99 Å². The Hall–Kier alpha value is -3.33. The third kappa shape index (κ3) is 5.05. The van der Waals surface area contributed by atoms with Crippen LogP contribution in [0.15, 0.2) is 52.8 Å². The Morgan fingerprint density at radius 2 is 1.97 bits per heavy atom. The van der Waals surface area contributed by atoms with E-state index in [-0.39, 0.29) is 18.6 Å². The summed E-state index contributed by atoms with van der Waals surface area (Å²) in [5.41, 5.74) is 2.65. The van der Waals surface area contributed by atoms with Crippen LogP contribution in [-0.4, -0.2) is 30.5 Å². The maximum atomic E-state index is 13.3. The molecule has 1 aromatic heterocycles.